The molecule has 1 aliphatic heterocycles. The van der Waals surface area contributed by atoms with Gasteiger partial charge < -0.3 is 15.5 Å². The summed E-state index contributed by atoms with van der Waals surface area (Å²) in [7, 11) is 0. The minimum atomic E-state index is -0.233. The van der Waals surface area contributed by atoms with Crippen molar-refractivity contribution in [1.82, 2.24) is 25.3 Å². The van der Waals surface area contributed by atoms with Crippen LogP contribution in [-0.4, -0.2) is 57.6 Å². The van der Waals surface area contributed by atoms with E-state index in [2.05, 4.69) is 15.7 Å². The predicted molar refractivity (Wildman–Crippen MR) is 115 cm³/mol. The Labute approximate surface area is 182 Å². The Morgan fingerprint density at radius 1 is 1.03 bits per heavy atom. The van der Waals surface area contributed by atoms with Crippen LogP contribution in [0, 0.1) is 5.92 Å². The van der Waals surface area contributed by atoms with Gasteiger partial charge in [-0.05, 0) is 49.4 Å². The molecule has 2 atom stereocenters. The number of carbonyl (C=O) groups excluding carboxylic acids is 3. The summed E-state index contributed by atoms with van der Waals surface area (Å²) in [5.41, 5.74) is 1.56. The van der Waals surface area contributed by atoms with E-state index in [4.69, 9.17) is 0 Å². The number of hydrogen-bond acceptors (Lipinski definition) is 4. The van der Waals surface area contributed by atoms with Crippen LogP contribution < -0.4 is 10.6 Å². The van der Waals surface area contributed by atoms with Crippen LogP contribution in [0.5, 0.6) is 0 Å². The number of likely N-dealkylation sites (tertiary alicyclic amines) is 1. The molecule has 2 fully saturated rings. The van der Waals surface area contributed by atoms with E-state index in [1.165, 1.54) is 6.92 Å². The van der Waals surface area contributed by atoms with Crippen molar-refractivity contribution in [1.29, 1.82) is 0 Å². The van der Waals surface area contributed by atoms with Gasteiger partial charge in [0.1, 0.15) is 0 Å². The number of benzene rings is 1. The number of amides is 3. The van der Waals surface area contributed by atoms with Crippen molar-refractivity contribution >= 4 is 17.7 Å². The van der Waals surface area contributed by atoms with Crippen LogP contribution in [0.3, 0.4) is 0 Å². The first-order chi connectivity index (χ1) is 15.0. The average Bonchev–Trinajstić information content (AvgIpc) is 3.46. The third kappa shape index (κ3) is 5.71. The first-order valence-electron chi connectivity index (χ1n) is 10.9. The van der Waals surface area contributed by atoms with Gasteiger partial charge in [0, 0.05) is 50.1 Å². The molecule has 3 amide bonds. The minimum absolute atomic E-state index is 0.0204. The van der Waals surface area contributed by atoms with Crippen molar-refractivity contribution < 1.29 is 14.4 Å². The van der Waals surface area contributed by atoms with Crippen LogP contribution in [0.4, 0.5) is 0 Å². The summed E-state index contributed by atoms with van der Waals surface area (Å²) in [5, 5.41) is 10.3. The van der Waals surface area contributed by atoms with Crippen molar-refractivity contribution in [2.24, 2.45) is 5.92 Å². The number of nitrogens with one attached hydrogen (secondary N) is 2. The van der Waals surface area contributed by atoms with Gasteiger partial charge in [-0.2, -0.15) is 5.10 Å². The lowest BCUT2D eigenvalue weighted by atomic mass is 10.0. The van der Waals surface area contributed by atoms with Gasteiger partial charge in [-0.3, -0.25) is 19.1 Å². The molecule has 2 N–H and O–H groups in total. The van der Waals surface area contributed by atoms with Crippen LogP contribution >= 0.6 is 0 Å². The third-order valence-corrected chi connectivity index (χ3v) is 5.91. The molecule has 0 spiro atoms. The van der Waals surface area contributed by atoms with Crippen molar-refractivity contribution in [2.45, 2.75) is 51.2 Å². The van der Waals surface area contributed by atoms with Crippen LogP contribution in [-0.2, 0) is 16.1 Å². The van der Waals surface area contributed by atoms with E-state index in [1.54, 1.807) is 21.8 Å². The summed E-state index contributed by atoms with van der Waals surface area (Å²) in [6, 6.07) is 9.44. The number of hydrogen-bond donors (Lipinski definition) is 2. The summed E-state index contributed by atoms with van der Waals surface area (Å²) < 4.78 is 1.81. The Kier molecular flexibility index (Phi) is 6.34. The molecule has 1 aromatic carbocycles. The number of nitrogens with zero attached hydrogens (tertiary/aromatic N) is 3. The van der Waals surface area contributed by atoms with Crippen LogP contribution in [0.2, 0.25) is 0 Å². The van der Waals surface area contributed by atoms with E-state index in [0.717, 1.165) is 18.4 Å². The van der Waals surface area contributed by atoms with E-state index in [9.17, 15) is 14.4 Å². The van der Waals surface area contributed by atoms with E-state index >= 15 is 0 Å². The Bertz CT molecular complexity index is 938. The molecule has 0 radical (unpaired) electrons. The van der Waals surface area contributed by atoms with Crippen LogP contribution in [0.25, 0.3) is 0 Å². The molecule has 0 unspecified atom stereocenters. The lowest BCUT2D eigenvalue weighted by Gasteiger charge is -2.25. The summed E-state index contributed by atoms with van der Waals surface area (Å²) in [5.74, 6) is -0.459. The fraction of sp³-hybridized carbons (Fsp3) is 0.478. The molecule has 2 aliphatic rings. The zero-order chi connectivity index (χ0) is 21.8. The predicted octanol–water partition coefficient (Wildman–Crippen LogP) is 1.57. The monoisotopic (exact) mass is 423 g/mol. The summed E-state index contributed by atoms with van der Waals surface area (Å²) >= 11 is 0. The van der Waals surface area contributed by atoms with Gasteiger partial charge in [0.15, 0.2) is 0 Å². The second-order valence-corrected chi connectivity index (χ2v) is 8.56. The second-order valence-electron chi connectivity index (χ2n) is 8.56. The number of carbonyl (C=O) groups is 3. The maximum Gasteiger partial charge on any atom is 0.251 e. The molecule has 31 heavy (non-hydrogen) atoms. The van der Waals surface area contributed by atoms with Gasteiger partial charge in [0.2, 0.25) is 11.8 Å². The molecule has 1 aromatic heterocycles. The maximum atomic E-state index is 12.9. The van der Waals surface area contributed by atoms with Gasteiger partial charge in [0.05, 0.1) is 12.5 Å². The molecule has 2 aromatic rings. The Morgan fingerprint density at radius 2 is 1.84 bits per heavy atom. The molecule has 4 rings (SSSR count). The molecule has 1 saturated heterocycles. The van der Waals surface area contributed by atoms with E-state index in [0.29, 0.717) is 44.1 Å². The Hall–Kier alpha value is -3.16. The zero-order valence-corrected chi connectivity index (χ0v) is 17.8. The number of aromatic nitrogens is 2. The van der Waals surface area contributed by atoms with Crippen molar-refractivity contribution in [3.8, 4) is 0 Å². The highest BCUT2D eigenvalue weighted by Gasteiger charge is 2.33. The zero-order valence-electron chi connectivity index (χ0n) is 17.8. The molecule has 8 nitrogen and oxygen atoms in total. The highest BCUT2D eigenvalue weighted by Crippen LogP contribution is 2.22. The van der Waals surface area contributed by atoms with Gasteiger partial charge in [-0.15, -0.1) is 0 Å². The topological polar surface area (TPSA) is 96.3 Å². The van der Waals surface area contributed by atoms with Gasteiger partial charge in [-0.1, -0.05) is 12.1 Å². The fourth-order valence-electron chi connectivity index (χ4n) is 3.99. The normalized spacial score (nSPS) is 21.3. The van der Waals surface area contributed by atoms with Crippen molar-refractivity contribution in [2.75, 3.05) is 13.1 Å². The van der Waals surface area contributed by atoms with E-state index in [1.807, 2.05) is 30.5 Å². The first kappa shape index (κ1) is 21.1. The van der Waals surface area contributed by atoms with E-state index in [-0.39, 0.29) is 29.7 Å². The molecule has 1 aliphatic carbocycles. The Balaban J connectivity index is 1.39. The quantitative estimate of drug-likeness (QED) is 0.737. The maximum absolute atomic E-state index is 12.9. The summed E-state index contributed by atoms with van der Waals surface area (Å²) in [4.78, 5) is 39.3. The smallest absolute Gasteiger partial charge is 0.251 e. The Morgan fingerprint density at radius 3 is 2.55 bits per heavy atom. The molecule has 2 heterocycles. The highest BCUT2D eigenvalue weighted by molar-refractivity contribution is 5.94. The van der Waals surface area contributed by atoms with Gasteiger partial charge in [0.25, 0.3) is 5.91 Å². The minimum Gasteiger partial charge on any atom is -0.353 e. The van der Waals surface area contributed by atoms with E-state index < -0.39 is 0 Å². The molecular weight excluding hydrogens is 394 g/mol. The van der Waals surface area contributed by atoms with Crippen molar-refractivity contribution in [3.05, 3.63) is 53.9 Å². The highest BCUT2D eigenvalue weighted by atomic mass is 16.2. The molecular formula is C23H29N5O3. The molecule has 0 bridgehead atoms. The second kappa shape index (κ2) is 9.32. The summed E-state index contributed by atoms with van der Waals surface area (Å²) in [6.45, 7) is 2.92. The average molecular weight is 424 g/mol. The lowest BCUT2D eigenvalue weighted by molar-refractivity contribution is -0.131. The van der Waals surface area contributed by atoms with Crippen LogP contribution in [0.15, 0.2) is 42.7 Å². The first-order valence-corrected chi connectivity index (χ1v) is 10.9. The largest absolute Gasteiger partial charge is 0.353 e. The van der Waals surface area contributed by atoms with Crippen LogP contribution in [0.1, 0.15) is 48.5 Å². The third-order valence-electron chi connectivity index (χ3n) is 5.91. The molecule has 164 valence electrons. The molecule has 1 saturated carbocycles. The van der Waals surface area contributed by atoms with Gasteiger partial charge in [-0.25, -0.2) is 0 Å². The standard InChI is InChI=1S/C23H29N5O3/c1-16(29)27-14-19(23(31)25-20-8-9-20)6-7-21(15-27)26-22(30)18-5-2-4-17(12-18)13-28-11-3-10-24-28/h2-5,10-12,19-21H,6-9,13-15H2,1H3,(H,25,31)(H,26,30)/t19-,21+/m1/s1. The van der Waals surface area contributed by atoms with Gasteiger partial charge >= 0.3 is 0 Å². The lowest BCUT2D eigenvalue weighted by Crippen LogP contribution is -2.45. The summed E-state index contributed by atoms with van der Waals surface area (Å²) in [6.07, 6.45) is 6.98. The van der Waals surface area contributed by atoms with Crippen molar-refractivity contribution in [3.63, 3.8) is 0 Å². The molecule has 8 heteroatoms. The fourth-order valence-corrected chi connectivity index (χ4v) is 3.99. The SMILES string of the molecule is CC(=O)N1C[C@@H](NC(=O)c2cccc(Cn3cccn3)c2)CC[C@@H](C(=O)NC2CC2)C1. The number of rotatable bonds is 6.